The Labute approximate surface area is 149 Å². The molecule has 5 N–H and O–H groups in total. The molecule has 1 fully saturated rings. The van der Waals surface area contributed by atoms with Gasteiger partial charge in [0, 0.05) is 3.57 Å². The predicted octanol–water partition coefficient (Wildman–Crippen LogP) is 0.284. The molecule has 0 aliphatic carbocycles. The SMILES string of the molecule is OC[C@H]1OC(O)[C@H](NC(c2ccc(I)cc2)C(F)(F)F)[C@@H](O)[C@@H]1O. The van der Waals surface area contributed by atoms with E-state index in [4.69, 9.17) is 9.84 Å². The fraction of sp³-hybridized carbons (Fsp3) is 0.571. The van der Waals surface area contributed by atoms with Crippen LogP contribution in [0.25, 0.3) is 0 Å². The van der Waals surface area contributed by atoms with Gasteiger partial charge in [-0.05, 0) is 40.3 Å². The molecule has 0 bridgehead atoms. The average molecular weight is 463 g/mol. The van der Waals surface area contributed by atoms with Crippen molar-refractivity contribution in [1.29, 1.82) is 0 Å². The average Bonchev–Trinajstić information content (AvgIpc) is 2.51. The predicted molar refractivity (Wildman–Crippen MR) is 84.9 cm³/mol. The minimum atomic E-state index is -4.70. The highest BCUT2D eigenvalue weighted by atomic mass is 127. The fourth-order valence-electron chi connectivity index (χ4n) is 2.50. The first kappa shape index (κ1) is 19.8. The van der Waals surface area contributed by atoms with E-state index in [1.54, 1.807) is 0 Å². The van der Waals surface area contributed by atoms with Gasteiger partial charge in [-0.3, -0.25) is 5.32 Å². The topological polar surface area (TPSA) is 102 Å². The summed E-state index contributed by atoms with van der Waals surface area (Å²) in [6.45, 7) is -0.693. The number of aliphatic hydroxyl groups is 4. The Hall–Kier alpha value is -0.500. The van der Waals surface area contributed by atoms with Crippen LogP contribution in [0.2, 0.25) is 0 Å². The van der Waals surface area contributed by atoms with Crippen LogP contribution in [0.1, 0.15) is 11.6 Å². The first-order chi connectivity index (χ1) is 11.1. The third kappa shape index (κ3) is 4.36. The van der Waals surface area contributed by atoms with Crippen LogP contribution < -0.4 is 5.32 Å². The van der Waals surface area contributed by atoms with E-state index in [1.165, 1.54) is 24.3 Å². The molecule has 0 radical (unpaired) electrons. The Bertz CT molecular complexity index is 544. The second-order valence-corrected chi connectivity index (χ2v) is 6.69. The molecule has 24 heavy (non-hydrogen) atoms. The summed E-state index contributed by atoms with van der Waals surface area (Å²) >= 11 is 1.95. The van der Waals surface area contributed by atoms with Gasteiger partial charge < -0.3 is 25.2 Å². The van der Waals surface area contributed by atoms with Gasteiger partial charge in [0.1, 0.15) is 24.4 Å². The van der Waals surface area contributed by atoms with Crippen molar-refractivity contribution < 1.29 is 38.3 Å². The number of ether oxygens (including phenoxy) is 1. The van der Waals surface area contributed by atoms with Gasteiger partial charge in [-0.15, -0.1) is 0 Å². The van der Waals surface area contributed by atoms with Crippen molar-refractivity contribution in [3.05, 3.63) is 33.4 Å². The first-order valence-electron chi connectivity index (χ1n) is 7.04. The van der Waals surface area contributed by atoms with Crippen molar-refractivity contribution in [1.82, 2.24) is 5.32 Å². The Morgan fingerprint density at radius 2 is 1.71 bits per heavy atom. The maximum absolute atomic E-state index is 13.4. The second-order valence-electron chi connectivity index (χ2n) is 5.45. The highest BCUT2D eigenvalue weighted by Gasteiger charge is 2.49. The molecule has 0 amide bonds. The van der Waals surface area contributed by atoms with E-state index in [0.717, 1.165) is 3.57 Å². The summed E-state index contributed by atoms with van der Waals surface area (Å²) in [5.74, 6) is 0. The van der Waals surface area contributed by atoms with E-state index in [9.17, 15) is 28.5 Å². The summed E-state index contributed by atoms with van der Waals surface area (Å²) < 4.78 is 45.8. The number of rotatable bonds is 4. The normalized spacial score (nSPS) is 32.6. The maximum atomic E-state index is 13.4. The van der Waals surface area contributed by atoms with E-state index in [-0.39, 0.29) is 5.56 Å². The summed E-state index contributed by atoms with van der Waals surface area (Å²) in [6, 6.07) is 1.79. The Kier molecular flexibility index (Phi) is 6.45. The molecule has 1 aromatic rings. The number of aliphatic hydroxyl groups excluding tert-OH is 4. The Morgan fingerprint density at radius 3 is 2.21 bits per heavy atom. The van der Waals surface area contributed by atoms with Crippen LogP contribution >= 0.6 is 22.6 Å². The number of hydrogen-bond acceptors (Lipinski definition) is 6. The van der Waals surface area contributed by atoms with Crippen LogP contribution in [-0.2, 0) is 4.74 Å². The number of nitrogens with one attached hydrogen (secondary N) is 1. The molecule has 1 aliphatic heterocycles. The maximum Gasteiger partial charge on any atom is 0.407 e. The van der Waals surface area contributed by atoms with E-state index in [1.807, 2.05) is 22.6 Å². The van der Waals surface area contributed by atoms with Gasteiger partial charge in [0.05, 0.1) is 12.6 Å². The van der Waals surface area contributed by atoms with Crippen LogP contribution in [0, 0.1) is 3.57 Å². The summed E-state index contributed by atoms with van der Waals surface area (Å²) in [7, 11) is 0. The molecule has 1 aromatic carbocycles. The number of halogens is 4. The van der Waals surface area contributed by atoms with Crippen LogP contribution in [0.15, 0.2) is 24.3 Å². The Balaban J connectivity index is 2.24. The molecule has 2 rings (SSSR count). The van der Waals surface area contributed by atoms with E-state index in [2.05, 4.69) is 5.32 Å². The van der Waals surface area contributed by atoms with Crippen molar-refractivity contribution in [2.45, 2.75) is 42.9 Å². The molecule has 2 unspecified atom stereocenters. The van der Waals surface area contributed by atoms with Crippen molar-refractivity contribution in [2.75, 3.05) is 6.61 Å². The minimum absolute atomic E-state index is 0.110. The zero-order valence-electron chi connectivity index (χ0n) is 12.2. The molecule has 6 atom stereocenters. The molecule has 136 valence electrons. The van der Waals surface area contributed by atoms with Crippen LogP contribution in [0.4, 0.5) is 13.2 Å². The van der Waals surface area contributed by atoms with Gasteiger partial charge in [0.25, 0.3) is 0 Å². The van der Waals surface area contributed by atoms with Crippen LogP contribution in [-0.4, -0.2) is 63.9 Å². The molecule has 1 saturated heterocycles. The summed E-state index contributed by atoms with van der Waals surface area (Å²) in [4.78, 5) is 0. The summed E-state index contributed by atoms with van der Waals surface area (Å²) in [5.41, 5.74) is -0.110. The van der Waals surface area contributed by atoms with Crippen molar-refractivity contribution in [3.63, 3.8) is 0 Å². The lowest BCUT2D eigenvalue weighted by molar-refractivity contribution is -0.261. The van der Waals surface area contributed by atoms with Gasteiger partial charge in [-0.1, -0.05) is 12.1 Å². The zero-order valence-corrected chi connectivity index (χ0v) is 14.3. The Morgan fingerprint density at radius 1 is 1.12 bits per heavy atom. The smallest absolute Gasteiger partial charge is 0.394 e. The lowest BCUT2D eigenvalue weighted by atomic mass is 9.95. The van der Waals surface area contributed by atoms with E-state index < -0.39 is 49.5 Å². The number of hydrogen-bond donors (Lipinski definition) is 5. The molecule has 0 saturated carbocycles. The zero-order chi connectivity index (χ0) is 18.1. The van der Waals surface area contributed by atoms with Crippen LogP contribution in [0.3, 0.4) is 0 Å². The van der Waals surface area contributed by atoms with Crippen molar-refractivity contribution >= 4 is 22.6 Å². The number of benzene rings is 1. The summed E-state index contributed by atoms with van der Waals surface area (Å²) in [5, 5.41) is 40.7. The highest BCUT2D eigenvalue weighted by molar-refractivity contribution is 14.1. The monoisotopic (exact) mass is 463 g/mol. The highest BCUT2D eigenvalue weighted by Crippen LogP contribution is 2.34. The molecule has 0 aromatic heterocycles. The molecule has 0 spiro atoms. The molecule has 6 nitrogen and oxygen atoms in total. The van der Waals surface area contributed by atoms with E-state index in [0.29, 0.717) is 0 Å². The molecule has 1 heterocycles. The standard InChI is InChI=1S/C14H17F3INO5/c15-14(16,17)12(6-1-3-7(18)4-2-6)19-9-11(22)10(21)8(5-20)24-13(9)23/h1-4,8-13,19-23H,5H2/t8-,9-,10-,11-,12?,13?/m1/s1. The molecule has 1 aliphatic rings. The van der Waals surface area contributed by atoms with E-state index >= 15 is 0 Å². The molecular formula is C14H17F3INO5. The van der Waals surface area contributed by atoms with Crippen molar-refractivity contribution in [2.24, 2.45) is 0 Å². The minimum Gasteiger partial charge on any atom is -0.394 e. The van der Waals surface area contributed by atoms with Crippen molar-refractivity contribution in [3.8, 4) is 0 Å². The van der Waals surface area contributed by atoms with Gasteiger partial charge in [0.15, 0.2) is 6.29 Å². The van der Waals surface area contributed by atoms with Gasteiger partial charge in [0.2, 0.25) is 0 Å². The van der Waals surface area contributed by atoms with Gasteiger partial charge in [-0.2, -0.15) is 13.2 Å². The van der Waals surface area contributed by atoms with Crippen LogP contribution in [0.5, 0.6) is 0 Å². The lowest BCUT2D eigenvalue weighted by Gasteiger charge is -2.42. The number of alkyl halides is 3. The van der Waals surface area contributed by atoms with Gasteiger partial charge in [-0.25, -0.2) is 0 Å². The summed E-state index contributed by atoms with van der Waals surface area (Å²) in [6.07, 6.45) is -11.2. The second kappa shape index (κ2) is 7.81. The molecule has 10 heteroatoms. The largest absolute Gasteiger partial charge is 0.407 e. The fourth-order valence-corrected chi connectivity index (χ4v) is 2.86. The third-order valence-electron chi connectivity index (χ3n) is 3.79. The first-order valence-corrected chi connectivity index (χ1v) is 8.11. The van der Waals surface area contributed by atoms with Gasteiger partial charge >= 0.3 is 6.18 Å². The molecular weight excluding hydrogens is 446 g/mol. The third-order valence-corrected chi connectivity index (χ3v) is 4.51. The lowest BCUT2D eigenvalue weighted by Crippen LogP contribution is -2.64. The quantitative estimate of drug-likeness (QED) is 0.412.